The molecule has 4 heteroatoms. The molecule has 112 valence electrons. The molecule has 0 amide bonds. The van der Waals surface area contributed by atoms with Crippen molar-refractivity contribution in [2.24, 2.45) is 0 Å². The number of rotatable bonds is 6. The average molecular weight is 285 g/mol. The third-order valence-corrected chi connectivity index (χ3v) is 4.29. The SMILES string of the molecule is COc1ccc(C2CCCN2CCCn2ccnc2)cc1. The predicted molar refractivity (Wildman–Crippen MR) is 83.4 cm³/mol. The summed E-state index contributed by atoms with van der Waals surface area (Å²) in [6.07, 6.45) is 9.49. The lowest BCUT2D eigenvalue weighted by molar-refractivity contribution is 0.249. The molecule has 0 N–H and O–H groups in total. The Balaban J connectivity index is 1.56. The second kappa shape index (κ2) is 6.76. The van der Waals surface area contributed by atoms with Gasteiger partial charge in [0.1, 0.15) is 5.75 Å². The Kier molecular flexibility index (Phi) is 4.55. The van der Waals surface area contributed by atoms with Crippen molar-refractivity contribution in [3.8, 4) is 5.75 Å². The highest BCUT2D eigenvalue weighted by molar-refractivity contribution is 5.29. The van der Waals surface area contributed by atoms with E-state index >= 15 is 0 Å². The Hall–Kier alpha value is -1.81. The first-order valence-corrected chi connectivity index (χ1v) is 7.70. The van der Waals surface area contributed by atoms with Crippen molar-refractivity contribution >= 4 is 0 Å². The minimum atomic E-state index is 0.568. The molecular formula is C17H23N3O. The number of likely N-dealkylation sites (tertiary alicyclic amines) is 1. The van der Waals surface area contributed by atoms with Gasteiger partial charge in [0.2, 0.25) is 0 Å². The largest absolute Gasteiger partial charge is 0.497 e. The first kappa shape index (κ1) is 14.1. The molecule has 2 heterocycles. The highest BCUT2D eigenvalue weighted by atomic mass is 16.5. The fraction of sp³-hybridized carbons (Fsp3) is 0.471. The van der Waals surface area contributed by atoms with Crippen LogP contribution in [0.1, 0.15) is 30.9 Å². The van der Waals surface area contributed by atoms with Crippen molar-refractivity contribution in [3.05, 3.63) is 48.5 Å². The van der Waals surface area contributed by atoms with Crippen LogP contribution in [0.4, 0.5) is 0 Å². The number of imidazole rings is 1. The van der Waals surface area contributed by atoms with E-state index in [9.17, 15) is 0 Å². The molecule has 1 unspecified atom stereocenters. The Labute approximate surface area is 126 Å². The third-order valence-electron chi connectivity index (χ3n) is 4.29. The lowest BCUT2D eigenvalue weighted by Gasteiger charge is -2.25. The van der Waals surface area contributed by atoms with Crippen LogP contribution in [0.15, 0.2) is 43.0 Å². The first-order chi connectivity index (χ1) is 10.4. The van der Waals surface area contributed by atoms with Gasteiger partial charge >= 0.3 is 0 Å². The van der Waals surface area contributed by atoms with E-state index in [1.807, 2.05) is 18.7 Å². The maximum Gasteiger partial charge on any atom is 0.118 e. The molecule has 4 nitrogen and oxygen atoms in total. The molecule has 1 fully saturated rings. The summed E-state index contributed by atoms with van der Waals surface area (Å²) in [4.78, 5) is 6.70. The monoisotopic (exact) mass is 285 g/mol. The van der Waals surface area contributed by atoms with Crippen LogP contribution in [0.5, 0.6) is 5.75 Å². The van der Waals surface area contributed by atoms with Gasteiger partial charge in [0.15, 0.2) is 0 Å². The zero-order valence-electron chi connectivity index (χ0n) is 12.6. The molecule has 0 spiro atoms. The van der Waals surface area contributed by atoms with E-state index in [1.165, 1.54) is 31.4 Å². The highest BCUT2D eigenvalue weighted by Gasteiger charge is 2.25. The van der Waals surface area contributed by atoms with Crippen molar-refractivity contribution in [3.63, 3.8) is 0 Å². The topological polar surface area (TPSA) is 30.3 Å². The zero-order valence-corrected chi connectivity index (χ0v) is 12.6. The molecule has 0 aliphatic carbocycles. The summed E-state index contributed by atoms with van der Waals surface area (Å²) in [5.74, 6) is 0.934. The van der Waals surface area contributed by atoms with Crippen LogP contribution in [-0.2, 0) is 6.54 Å². The summed E-state index contributed by atoms with van der Waals surface area (Å²) >= 11 is 0. The molecule has 1 aliphatic rings. The van der Waals surface area contributed by atoms with E-state index in [0.717, 1.165) is 18.8 Å². The number of methoxy groups -OCH3 is 1. The molecule has 1 aromatic heterocycles. The van der Waals surface area contributed by atoms with E-state index in [1.54, 1.807) is 7.11 Å². The van der Waals surface area contributed by atoms with Gasteiger partial charge in [-0.25, -0.2) is 4.98 Å². The molecule has 0 radical (unpaired) electrons. The summed E-state index contributed by atoms with van der Waals surface area (Å²) in [7, 11) is 1.72. The van der Waals surface area contributed by atoms with Crippen LogP contribution in [0.3, 0.4) is 0 Å². The Bertz CT molecular complexity index is 536. The summed E-state index contributed by atoms with van der Waals surface area (Å²) in [6.45, 7) is 3.40. The standard InChI is InChI=1S/C17H23N3O/c1-21-16-7-5-15(6-8-16)17-4-2-11-20(17)12-3-10-19-13-9-18-14-19/h5-9,13-14,17H,2-4,10-12H2,1H3. The number of hydrogen-bond donors (Lipinski definition) is 0. The molecule has 1 atom stereocenters. The minimum Gasteiger partial charge on any atom is -0.497 e. The number of aryl methyl sites for hydroxylation is 1. The second-order valence-electron chi connectivity index (χ2n) is 5.62. The molecule has 0 bridgehead atoms. The number of ether oxygens (including phenoxy) is 1. The van der Waals surface area contributed by atoms with Crippen molar-refractivity contribution in [1.82, 2.24) is 14.5 Å². The normalized spacial score (nSPS) is 19.0. The minimum absolute atomic E-state index is 0.568. The van der Waals surface area contributed by atoms with Crippen molar-refractivity contribution in [2.75, 3.05) is 20.2 Å². The maximum absolute atomic E-state index is 5.24. The summed E-state index contributed by atoms with van der Waals surface area (Å²) < 4.78 is 7.39. The maximum atomic E-state index is 5.24. The Morgan fingerprint density at radius 2 is 2.10 bits per heavy atom. The second-order valence-corrected chi connectivity index (χ2v) is 5.62. The molecule has 21 heavy (non-hydrogen) atoms. The van der Waals surface area contributed by atoms with Gasteiger partial charge in [0.05, 0.1) is 13.4 Å². The Morgan fingerprint density at radius 3 is 2.81 bits per heavy atom. The van der Waals surface area contributed by atoms with Gasteiger partial charge in [-0.05, 0) is 43.5 Å². The molecular weight excluding hydrogens is 262 g/mol. The van der Waals surface area contributed by atoms with Gasteiger partial charge in [-0.3, -0.25) is 4.90 Å². The first-order valence-electron chi connectivity index (χ1n) is 7.70. The smallest absolute Gasteiger partial charge is 0.118 e. The lowest BCUT2D eigenvalue weighted by atomic mass is 10.0. The van der Waals surface area contributed by atoms with E-state index in [-0.39, 0.29) is 0 Å². The fourth-order valence-corrected chi connectivity index (χ4v) is 3.17. The van der Waals surface area contributed by atoms with Crippen molar-refractivity contribution in [1.29, 1.82) is 0 Å². The number of hydrogen-bond acceptors (Lipinski definition) is 3. The van der Waals surface area contributed by atoms with Crippen molar-refractivity contribution < 1.29 is 4.74 Å². The lowest BCUT2D eigenvalue weighted by Crippen LogP contribution is -2.25. The summed E-state index contributed by atoms with van der Waals surface area (Å²) in [5.41, 5.74) is 1.41. The van der Waals surface area contributed by atoms with Gasteiger partial charge in [-0.15, -0.1) is 0 Å². The molecule has 1 aliphatic heterocycles. The predicted octanol–water partition coefficient (Wildman–Crippen LogP) is 3.12. The fourth-order valence-electron chi connectivity index (χ4n) is 3.17. The van der Waals surface area contributed by atoms with Gasteiger partial charge in [0.25, 0.3) is 0 Å². The van der Waals surface area contributed by atoms with Crippen molar-refractivity contribution in [2.45, 2.75) is 31.8 Å². The average Bonchev–Trinajstić information content (AvgIpc) is 3.19. The number of aromatic nitrogens is 2. The molecule has 1 saturated heterocycles. The molecule has 3 rings (SSSR count). The summed E-state index contributed by atoms with van der Waals surface area (Å²) in [5, 5.41) is 0. The van der Waals surface area contributed by atoms with Gasteiger partial charge in [-0.2, -0.15) is 0 Å². The van der Waals surface area contributed by atoms with Gasteiger partial charge < -0.3 is 9.30 Å². The van der Waals surface area contributed by atoms with E-state index in [0.29, 0.717) is 6.04 Å². The van der Waals surface area contributed by atoms with Gasteiger partial charge in [0, 0.05) is 31.5 Å². The van der Waals surface area contributed by atoms with E-state index in [4.69, 9.17) is 4.74 Å². The van der Waals surface area contributed by atoms with Gasteiger partial charge in [-0.1, -0.05) is 12.1 Å². The number of nitrogens with zero attached hydrogens (tertiary/aromatic N) is 3. The van der Waals surface area contributed by atoms with E-state index in [2.05, 4.69) is 38.7 Å². The van der Waals surface area contributed by atoms with Crippen LogP contribution < -0.4 is 4.74 Å². The quantitative estimate of drug-likeness (QED) is 0.817. The van der Waals surface area contributed by atoms with Crippen LogP contribution in [-0.4, -0.2) is 34.7 Å². The van der Waals surface area contributed by atoms with E-state index < -0.39 is 0 Å². The van der Waals surface area contributed by atoms with Crippen LogP contribution in [0, 0.1) is 0 Å². The van der Waals surface area contributed by atoms with Crippen LogP contribution in [0.2, 0.25) is 0 Å². The highest BCUT2D eigenvalue weighted by Crippen LogP contribution is 2.32. The third kappa shape index (κ3) is 3.45. The zero-order chi connectivity index (χ0) is 14.5. The molecule has 0 saturated carbocycles. The molecule has 1 aromatic carbocycles. The molecule has 2 aromatic rings. The Morgan fingerprint density at radius 1 is 1.24 bits per heavy atom. The summed E-state index contributed by atoms with van der Waals surface area (Å²) in [6, 6.07) is 9.11. The van der Waals surface area contributed by atoms with Crippen LogP contribution >= 0.6 is 0 Å². The number of benzene rings is 1. The van der Waals surface area contributed by atoms with Crippen LogP contribution in [0.25, 0.3) is 0 Å².